The monoisotopic (exact) mass is 249 g/mol. The number of para-hydroxylation sites is 1. The van der Waals surface area contributed by atoms with Gasteiger partial charge in [0, 0.05) is 6.42 Å². The number of thiazole rings is 1. The second kappa shape index (κ2) is 5.29. The van der Waals surface area contributed by atoms with Crippen molar-refractivity contribution in [2.75, 3.05) is 7.11 Å². The van der Waals surface area contributed by atoms with Gasteiger partial charge in [-0.3, -0.25) is 0 Å². The third-order valence-electron chi connectivity index (χ3n) is 2.69. The van der Waals surface area contributed by atoms with Crippen LogP contribution < -0.4 is 4.74 Å². The Morgan fingerprint density at radius 2 is 2.18 bits per heavy atom. The highest BCUT2D eigenvalue weighted by Gasteiger charge is 2.15. The van der Waals surface area contributed by atoms with Gasteiger partial charge in [0.05, 0.1) is 29.3 Å². The summed E-state index contributed by atoms with van der Waals surface area (Å²) in [5.41, 5.74) is 3.67. The molecule has 1 N–H and O–H groups in total. The van der Waals surface area contributed by atoms with Gasteiger partial charge >= 0.3 is 0 Å². The fraction of sp³-hybridized carbons (Fsp3) is 0.308. The lowest BCUT2D eigenvalue weighted by atomic mass is 10.1. The third kappa shape index (κ3) is 2.65. The highest BCUT2D eigenvalue weighted by atomic mass is 32.1. The van der Waals surface area contributed by atoms with Crippen molar-refractivity contribution in [1.29, 1.82) is 0 Å². The summed E-state index contributed by atoms with van der Waals surface area (Å²) in [6.45, 7) is 1.91. The van der Waals surface area contributed by atoms with Gasteiger partial charge in [0.1, 0.15) is 5.75 Å². The first-order valence-electron chi connectivity index (χ1n) is 5.42. The van der Waals surface area contributed by atoms with Crippen molar-refractivity contribution >= 4 is 11.3 Å². The summed E-state index contributed by atoms with van der Waals surface area (Å²) >= 11 is 1.49. The van der Waals surface area contributed by atoms with Gasteiger partial charge in [-0.2, -0.15) is 0 Å². The molecule has 0 aliphatic heterocycles. The number of hydrogen-bond donors (Lipinski definition) is 1. The van der Waals surface area contributed by atoms with Crippen LogP contribution in [-0.2, 0) is 6.42 Å². The van der Waals surface area contributed by atoms with E-state index in [1.165, 1.54) is 11.3 Å². The molecule has 0 aliphatic rings. The van der Waals surface area contributed by atoms with E-state index in [0.717, 1.165) is 21.9 Å². The third-order valence-corrected chi connectivity index (χ3v) is 3.72. The number of aliphatic hydroxyl groups is 1. The van der Waals surface area contributed by atoms with E-state index in [4.69, 9.17) is 4.74 Å². The number of ether oxygens (including phenoxy) is 1. The smallest absolute Gasteiger partial charge is 0.122 e. The molecule has 0 fully saturated rings. The molecule has 0 saturated carbocycles. The van der Waals surface area contributed by atoms with Crippen molar-refractivity contribution in [2.45, 2.75) is 19.4 Å². The zero-order chi connectivity index (χ0) is 12.3. The number of nitrogens with zero attached hydrogens (tertiary/aromatic N) is 1. The van der Waals surface area contributed by atoms with Crippen LogP contribution in [0.4, 0.5) is 0 Å². The molecule has 2 rings (SSSR count). The van der Waals surface area contributed by atoms with Gasteiger partial charge in [-0.05, 0) is 18.6 Å². The second-order valence-corrected chi connectivity index (χ2v) is 4.72. The number of aliphatic hydroxyl groups excluding tert-OH is 1. The number of benzene rings is 1. The molecule has 1 aromatic carbocycles. The number of aromatic nitrogens is 1. The van der Waals surface area contributed by atoms with Crippen molar-refractivity contribution in [3.8, 4) is 5.75 Å². The highest BCUT2D eigenvalue weighted by molar-refractivity contribution is 7.09. The van der Waals surface area contributed by atoms with Crippen LogP contribution in [0.15, 0.2) is 29.8 Å². The minimum Gasteiger partial charge on any atom is -0.496 e. The maximum absolute atomic E-state index is 10.2. The Kier molecular flexibility index (Phi) is 3.76. The standard InChI is InChI=1S/C13H15NO2S/c1-9-13(17-8-14-9)11(15)7-10-5-3-4-6-12(10)16-2/h3-6,8,11,15H,7H2,1-2H3. The van der Waals surface area contributed by atoms with Gasteiger partial charge in [-0.25, -0.2) is 4.98 Å². The molecule has 90 valence electrons. The fourth-order valence-electron chi connectivity index (χ4n) is 1.80. The van der Waals surface area contributed by atoms with Crippen LogP contribution in [0.1, 0.15) is 22.2 Å². The van der Waals surface area contributed by atoms with Gasteiger partial charge in [0.25, 0.3) is 0 Å². The quantitative estimate of drug-likeness (QED) is 0.906. The molecule has 1 aromatic heterocycles. The summed E-state index contributed by atoms with van der Waals surface area (Å²) in [4.78, 5) is 5.08. The lowest BCUT2D eigenvalue weighted by Crippen LogP contribution is -2.03. The van der Waals surface area contributed by atoms with E-state index < -0.39 is 6.10 Å². The SMILES string of the molecule is COc1ccccc1CC(O)c1scnc1C. The zero-order valence-corrected chi connectivity index (χ0v) is 10.7. The molecule has 2 aromatic rings. The number of rotatable bonds is 4. The Bertz CT molecular complexity index is 496. The minimum atomic E-state index is -0.515. The average Bonchev–Trinajstić information content (AvgIpc) is 2.76. The van der Waals surface area contributed by atoms with Gasteiger partial charge in [-0.15, -0.1) is 11.3 Å². The predicted molar refractivity (Wildman–Crippen MR) is 68.5 cm³/mol. The molecule has 1 atom stereocenters. The Labute approximate surface area is 105 Å². The molecule has 0 radical (unpaired) electrons. The summed E-state index contributed by atoms with van der Waals surface area (Å²) < 4.78 is 5.27. The van der Waals surface area contributed by atoms with Crippen LogP contribution in [-0.4, -0.2) is 17.2 Å². The molecule has 4 heteroatoms. The van der Waals surface area contributed by atoms with E-state index in [-0.39, 0.29) is 0 Å². The second-order valence-electron chi connectivity index (χ2n) is 3.83. The first kappa shape index (κ1) is 12.1. The Hall–Kier alpha value is -1.39. The number of methoxy groups -OCH3 is 1. The Balaban J connectivity index is 2.18. The highest BCUT2D eigenvalue weighted by Crippen LogP contribution is 2.28. The molecular weight excluding hydrogens is 234 g/mol. The van der Waals surface area contributed by atoms with E-state index in [1.54, 1.807) is 12.6 Å². The average molecular weight is 249 g/mol. The fourth-order valence-corrected chi connectivity index (χ4v) is 2.59. The number of hydrogen-bond acceptors (Lipinski definition) is 4. The minimum absolute atomic E-state index is 0.515. The molecule has 0 amide bonds. The normalized spacial score (nSPS) is 12.4. The van der Waals surface area contributed by atoms with Crippen LogP contribution >= 0.6 is 11.3 Å². The van der Waals surface area contributed by atoms with E-state index in [0.29, 0.717) is 6.42 Å². The maximum Gasteiger partial charge on any atom is 0.122 e. The van der Waals surface area contributed by atoms with Gasteiger partial charge < -0.3 is 9.84 Å². The van der Waals surface area contributed by atoms with Crippen LogP contribution in [0.3, 0.4) is 0 Å². The number of aryl methyl sites for hydroxylation is 1. The van der Waals surface area contributed by atoms with Crippen molar-refractivity contribution in [3.05, 3.63) is 45.9 Å². The summed E-state index contributed by atoms with van der Waals surface area (Å²) in [6, 6.07) is 7.75. The molecule has 1 heterocycles. The summed E-state index contributed by atoms with van der Waals surface area (Å²) in [6.07, 6.45) is 0.0337. The topological polar surface area (TPSA) is 42.4 Å². The van der Waals surface area contributed by atoms with E-state index in [2.05, 4.69) is 4.98 Å². The Morgan fingerprint density at radius 3 is 2.82 bits per heavy atom. The first-order valence-corrected chi connectivity index (χ1v) is 6.30. The zero-order valence-electron chi connectivity index (χ0n) is 9.88. The molecule has 3 nitrogen and oxygen atoms in total. The molecule has 17 heavy (non-hydrogen) atoms. The van der Waals surface area contributed by atoms with Crippen molar-refractivity contribution in [1.82, 2.24) is 4.98 Å². The lowest BCUT2D eigenvalue weighted by molar-refractivity contribution is 0.180. The molecule has 0 aliphatic carbocycles. The largest absolute Gasteiger partial charge is 0.496 e. The van der Waals surface area contributed by atoms with E-state index in [9.17, 15) is 5.11 Å². The van der Waals surface area contributed by atoms with Gasteiger partial charge in [0.2, 0.25) is 0 Å². The van der Waals surface area contributed by atoms with Crippen LogP contribution in [0, 0.1) is 6.92 Å². The van der Waals surface area contributed by atoms with Crippen molar-refractivity contribution in [3.63, 3.8) is 0 Å². The first-order chi connectivity index (χ1) is 8.22. The van der Waals surface area contributed by atoms with Crippen LogP contribution in [0.2, 0.25) is 0 Å². The van der Waals surface area contributed by atoms with Crippen molar-refractivity contribution in [2.24, 2.45) is 0 Å². The predicted octanol–water partition coefficient (Wildman–Crippen LogP) is 2.74. The van der Waals surface area contributed by atoms with E-state index in [1.807, 2.05) is 31.2 Å². The molecule has 0 saturated heterocycles. The molecule has 0 bridgehead atoms. The summed E-state index contributed by atoms with van der Waals surface area (Å²) in [5, 5.41) is 10.2. The lowest BCUT2D eigenvalue weighted by Gasteiger charge is -2.12. The molecule has 1 unspecified atom stereocenters. The summed E-state index contributed by atoms with van der Waals surface area (Å²) in [7, 11) is 1.64. The van der Waals surface area contributed by atoms with Gasteiger partial charge in [-0.1, -0.05) is 18.2 Å². The van der Waals surface area contributed by atoms with Gasteiger partial charge in [0.15, 0.2) is 0 Å². The van der Waals surface area contributed by atoms with Crippen LogP contribution in [0.5, 0.6) is 5.75 Å². The summed E-state index contributed by atoms with van der Waals surface area (Å²) in [5.74, 6) is 0.814. The molecular formula is C13H15NO2S. The van der Waals surface area contributed by atoms with Crippen molar-refractivity contribution < 1.29 is 9.84 Å². The Morgan fingerprint density at radius 1 is 1.41 bits per heavy atom. The molecule has 0 spiro atoms. The maximum atomic E-state index is 10.2. The van der Waals surface area contributed by atoms with Crippen LogP contribution in [0.25, 0.3) is 0 Å². The van der Waals surface area contributed by atoms with E-state index >= 15 is 0 Å².